The lowest BCUT2D eigenvalue weighted by molar-refractivity contribution is -0.114. The van der Waals surface area contributed by atoms with Crippen molar-refractivity contribution in [3.63, 3.8) is 0 Å². The second-order valence-corrected chi connectivity index (χ2v) is 4.03. The average molecular weight is 243 g/mol. The zero-order valence-electron chi connectivity index (χ0n) is 10.2. The van der Waals surface area contributed by atoms with Gasteiger partial charge in [0, 0.05) is 18.2 Å². The maximum Gasteiger partial charge on any atom is 0.221 e. The molecule has 1 aromatic heterocycles. The molecule has 92 valence electrons. The van der Waals surface area contributed by atoms with Gasteiger partial charge in [0.25, 0.3) is 0 Å². The first-order valence-corrected chi connectivity index (χ1v) is 5.54. The smallest absolute Gasteiger partial charge is 0.221 e. The molecule has 1 amide bonds. The number of furan rings is 1. The first-order chi connectivity index (χ1) is 8.56. The number of rotatable bonds is 3. The average Bonchev–Trinajstić information content (AvgIpc) is 2.75. The van der Waals surface area contributed by atoms with E-state index >= 15 is 0 Å². The minimum absolute atomic E-state index is 0.0961. The van der Waals surface area contributed by atoms with E-state index in [0.29, 0.717) is 22.6 Å². The lowest BCUT2D eigenvalue weighted by atomic mass is 10.1. The highest BCUT2D eigenvalue weighted by atomic mass is 16.3. The Bertz CT molecular complexity index is 581. The van der Waals surface area contributed by atoms with Crippen molar-refractivity contribution in [1.82, 2.24) is 0 Å². The third-order valence-electron chi connectivity index (χ3n) is 2.46. The molecule has 0 saturated heterocycles. The van der Waals surface area contributed by atoms with E-state index in [1.807, 2.05) is 0 Å². The molecule has 0 aliphatic heterocycles. The fourth-order valence-electron chi connectivity index (χ4n) is 1.64. The summed E-state index contributed by atoms with van der Waals surface area (Å²) in [5, 5.41) is 2.65. The maximum atomic E-state index is 12.0. The minimum Gasteiger partial charge on any atom is -0.469 e. The Morgan fingerprint density at radius 2 is 1.78 bits per heavy atom. The topological polar surface area (TPSA) is 59.3 Å². The predicted octanol–water partition coefficient (Wildman–Crippen LogP) is 2.78. The molecule has 0 saturated carbocycles. The van der Waals surface area contributed by atoms with Crippen LogP contribution in [0.3, 0.4) is 0 Å². The molecule has 4 heteroatoms. The first-order valence-electron chi connectivity index (χ1n) is 5.54. The molecule has 2 aromatic rings. The quantitative estimate of drug-likeness (QED) is 0.843. The van der Waals surface area contributed by atoms with Crippen LogP contribution in [0, 0.1) is 6.92 Å². The summed E-state index contributed by atoms with van der Waals surface area (Å²) >= 11 is 0. The number of hydrogen-bond donors (Lipinski definition) is 1. The third-order valence-corrected chi connectivity index (χ3v) is 2.46. The fourth-order valence-corrected chi connectivity index (χ4v) is 1.64. The van der Waals surface area contributed by atoms with Gasteiger partial charge in [-0.15, -0.1) is 0 Å². The van der Waals surface area contributed by atoms with Crippen molar-refractivity contribution in [2.75, 3.05) is 5.32 Å². The zero-order chi connectivity index (χ0) is 13.1. The summed E-state index contributed by atoms with van der Waals surface area (Å²) in [6, 6.07) is 8.44. The van der Waals surface area contributed by atoms with E-state index in [-0.39, 0.29) is 11.7 Å². The van der Waals surface area contributed by atoms with Crippen LogP contribution in [-0.4, -0.2) is 11.7 Å². The van der Waals surface area contributed by atoms with Crippen LogP contribution >= 0.6 is 0 Å². The number of carbonyl (C=O) groups excluding carboxylic acids is 2. The lowest BCUT2D eigenvalue weighted by Crippen LogP contribution is -2.06. The Morgan fingerprint density at radius 1 is 1.11 bits per heavy atom. The van der Waals surface area contributed by atoms with Crippen molar-refractivity contribution in [3.05, 3.63) is 53.5 Å². The van der Waals surface area contributed by atoms with Crippen LogP contribution in [0.15, 0.2) is 41.0 Å². The number of hydrogen-bond acceptors (Lipinski definition) is 3. The monoisotopic (exact) mass is 243 g/mol. The fraction of sp³-hybridized carbons (Fsp3) is 0.143. The molecule has 1 heterocycles. The van der Waals surface area contributed by atoms with Crippen LogP contribution in [0.1, 0.15) is 28.6 Å². The van der Waals surface area contributed by atoms with E-state index in [1.165, 1.54) is 13.2 Å². The first kappa shape index (κ1) is 12.1. The molecule has 0 bridgehead atoms. The van der Waals surface area contributed by atoms with Gasteiger partial charge in [-0.2, -0.15) is 0 Å². The highest BCUT2D eigenvalue weighted by Gasteiger charge is 2.11. The summed E-state index contributed by atoms with van der Waals surface area (Å²) in [5.41, 5.74) is 1.76. The van der Waals surface area contributed by atoms with Crippen LogP contribution in [-0.2, 0) is 4.79 Å². The number of carbonyl (C=O) groups is 2. The molecule has 0 atom stereocenters. The Kier molecular flexibility index (Phi) is 3.28. The molecule has 2 rings (SSSR count). The molecule has 0 spiro atoms. The summed E-state index contributed by atoms with van der Waals surface area (Å²) < 4.78 is 5.11. The Morgan fingerprint density at radius 3 is 2.28 bits per heavy atom. The van der Waals surface area contributed by atoms with E-state index in [1.54, 1.807) is 37.3 Å². The standard InChI is InChI=1S/C14H13NO3/c1-9-7-12(8-18-9)14(17)11-3-5-13(6-4-11)15-10(2)16/h3-8H,1-2H3,(H,15,16). The van der Waals surface area contributed by atoms with E-state index in [9.17, 15) is 9.59 Å². The number of amides is 1. The van der Waals surface area contributed by atoms with E-state index in [0.717, 1.165) is 0 Å². The van der Waals surface area contributed by atoms with E-state index in [2.05, 4.69) is 5.32 Å². The SMILES string of the molecule is CC(=O)Nc1ccc(C(=O)c2coc(C)c2)cc1. The van der Waals surface area contributed by atoms with E-state index < -0.39 is 0 Å². The molecular weight excluding hydrogens is 230 g/mol. The summed E-state index contributed by atoms with van der Waals surface area (Å²) in [6.07, 6.45) is 1.44. The second-order valence-electron chi connectivity index (χ2n) is 4.03. The van der Waals surface area contributed by atoms with Gasteiger partial charge in [0.2, 0.25) is 5.91 Å². The van der Waals surface area contributed by atoms with Crippen molar-refractivity contribution >= 4 is 17.4 Å². The third kappa shape index (κ3) is 2.66. The Labute approximate surface area is 105 Å². The van der Waals surface area contributed by atoms with Gasteiger partial charge in [0.05, 0.1) is 5.56 Å². The molecule has 1 N–H and O–H groups in total. The van der Waals surface area contributed by atoms with Crippen LogP contribution in [0.2, 0.25) is 0 Å². The van der Waals surface area contributed by atoms with Crippen LogP contribution < -0.4 is 5.32 Å². The summed E-state index contributed by atoms with van der Waals surface area (Å²) in [7, 11) is 0. The molecular formula is C14H13NO3. The molecule has 0 unspecified atom stereocenters. The number of ketones is 1. The largest absolute Gasteiger partial charge is 0.469 e. The number of anilines is 1. The summed E-state index contributed by atoms with van der Waals surface area (Å²) in [4.78, 5) is 22.9. The van der Waals surface area contributed by atoms with Crippen molar-refractivity contribution < 1.29 is 14.0 Å². The van der Waals surface area contributed by atoms with Gasteiger partial charge < -0.3 is 9.73 Å². The highest BCUT2D eigenvalue weighted by Crippen LogP contribution is 2.15. The zero-order valence-corrected chi connectivity index (χ0v) is 10.2. The molecule has 0 radical (unpaired) electrons. The molecule has 0 aliphatic carbocycles. The molecule has 0 aliphatic rings. The van der Waals surface area contributed by atoms with Crippen LogP contribution in [0.25, 0.3) is 0 Å². The lowest BCUT2D eigenvalue weighted by Gasteiger charge is -2.03. The minimum atomic E-state index is -0.139. The molecule has 4 nitrogen and oxygen atoms in total. The van der Waals surface area contributed by atoms with Gasteiger partial charge in [-0.05, 0) is 37.3 Å². The van der Waals surface area contributed by atoms with Crippen molar-refractivity contribution in [1.29, 1.82) is 0 Å². The number of benzene rings is 1. The van der Waals surface area contributed by atoms with Crippen molar-refractivity contribution in [2.24, 2.45) is 0 Å². The van der Waals surface area contributed by atoms with Gasteiger partial charge in [-0.25, -0.2) is 0 Å². The van der Waals surface area contributed by atoms with Crippen molar-refractivity contribution in [3.8, 4) is 0 Å². The van der Waals surface area contributed by atoms with Gasteiger partial charge in [-0.3, -0.25) is 9.59 Å². The van der Waals surface area contributed by atoms with E-state index in [4.69, 9.17) is 4.42 Å². The highest BCUT2D eigenvalue weighted by molar-refractivity contribution is 6.09. The van der Waals surface area contributed by atoms with Crippen molar-refractivity contribution in [2.45, 2.75) is 13.8 Å². The molecule has 0 fully saturated rings. The predicted molar refractivity (Wildman–Crippen MR) is 67.6 cm³/mol. The molecule has 1 aromatic carbocycles. The number of nitrogens with one attached hydrogen (secondary N) is 1. The summed E-state index contributed by atoms with van der Waals surface area (Å²) in [6.45, 7) is 3.23. The van der Waals surface area contributed by atoms with Gasteiger partial charge in [0.1, 0.15) is 12.0 Å². The Balaban J connectivity index is 2.19. The van der Waals surface area contributed by atoms with Gasteiger partial charge in [0.15, 0.2) is 5.78 Å². The second kappa shape index (κ2) is 4.87. The van der Waals surface area contributed by atoms with Gasteiger partial charge in [-0.1, -0.05) is 0 Å². The van der Waals surface area contributed by atoms with Gasteiger partial charge >= 0.3 is 0 Å². The Hall–Kier alpha value is -2.36. The van der Waals surface area contributed by atoms with Crippen LogP contribution in [0.5, 0.6) is 0 Å². The van der Waals surface area contributed by atoms with Crippen LogP contribution in [0.4, 0.5) is 5.69 Å². The normalized spacial score (nSPS) is 10.1. The maximum absolute atomic E-state index is 12.0. The number of aryl methyl sites for hydroxylation is 1. The summed E-state index contributed by atoms with van der Waals surface area (Å²) in [5.74, 6) is 0.467. The molecule has 18 heavy (non-hydrogen) atoms.